The van der Waals surface area contributed by atoms with Crippen LogP contribution in [0, 0.1) is 12.8 Å². The van der Waals surface area contributed by atoms with Gasteiger partial charge in [0.05, 0.1) is 0 Å². The van der Waals surface area contributed by atoms with Crippen molar-refractivity contribution in [3.63, 3.8) is 0 Å². The molecule has 0 radical (unpaired) electrons. The number of aromatic nitrogens is 1. The summed E-state index contributed by atoms with van der Waals surface area (Å²) < 4.78 is 1.83. The van der Waals surface area contributed by atoms with Crippen LogP contribution in [0.25, 0.3) is 0 Å². The van der Waals surface area contributed by atoms with E-state index in [-0.39, 0.29) is 17.0 Å². The molecule has 1 fully saturated rings. The first-order chi connectivity index (χ1) is 10.1. The van der Waals surface area contributed by atoms with Gasteiger partial charge in [0, 0.05) is 19.3 Å². The maximum absolute atomic E-state index is 12.6. The Hall–Kier alpha value is -1.58. The number of amides is 1. The molecule has 0 atom stereocenters. The summed E-state index contributed by atoms with van der Waals surface area (Å²) in [5.74, 6) is 0.284. The Morgan fingerprint density at radius 2 is 2.00 bits per heavy atom. The number of aryl methyl sites for hydroxylation is 1. The van der Waals surface area contributed by atoms with Gasteiger partial charge in [-0.2, -0.15) is 0 Å². The Morgan fingerprint density at radius 1 is 1.33 bits per heavy atom. The Kier molecular flexibility index (Phi) is 5.21. The molecule has 116 valence electrons. The molecule has 0 aliphatic heterocycles. The molecule has 1 amide bonds. The average Bonchev–Trinajstić information content (AvgIpc) is 2.52. The van der Waals surface area contributed by atoms with Gasteiger partial charge in [-0.15, -0.1) is 0 Å². The van der Waals surface area contributed by atoms with Crippen LogP contribution in [0.2, 0.25) is 0 Å². The highest BCUT2D eigenvalue weighted by molar-refractivity contribution is 5.93. The van der Waals surface area contributed by atoms with Crippen LogP contribution in [0.15, 0.2) is 10.9 Å². The summed E-state index contributed by atoms with van der Waals surface area (Å²) in [5, 5.41) is 2.57. The Morgan fingerprint density at radius 3 is 2.57 bits per heavy atom. The Balaban J connectivity index is 2.42. The second-order valence-electron chi connectivity index (χ2n) is 6.02. The van der Waals surface area contributed by atoms with Crippen molar-refractivity contribution in [2.75, 3.05) is 7.05 Å². The molecule has 1 aromatic rings. The number of carbonyl (C=O) groups excluding carboxylic acids is 1. The zero-order chi connectivity index (χ0) is 15.4. The molecule has 21 heavy (non-hydrogen) atoms. The van der Waals surface area contributed by atoms with E-state index < -0.39 is 0 Å². The van der Waals surface area contributed by atoms with Gasteiger partial charge in [0.2, 0.25) is 0 Å². The topological polar surface area (TPSA) is 51.1 Å². The summed E-state index contributed by atoms with van der Waals surface area (Å²) in [5.41, 5.74) is 2.23. The highest BCUT2D eigenvalue weighted by Crippen LogP contribution is 2.25. The predicted octanol–water partition coefficient (Wildman–Crippen LogP) is 2.66. The van der Waals surface area contributed by atoms with Gasteiger partial charge in [0.1, 0.15) is 5.56 Å². The smallest absolute Gasteiger partial charge is 0.263 e. The van der Waals surface area contributed by atoms with E-state index in [0.29, 0.717) is 5.92 Å². The van der Waals surface area contributed by atoms with Crippen LogP contribution in [0.3, 0.4) is 0 Å². The lowest BCUT2D eigenvalue weighted by atomic mass is 9.89. The fourth-order valence-corrected chi connectivity index (χ4v) is 3.31. The number of carbonyl (C=O) groups is 1. The molecule has 0 spiro atoms. The summed E-state index contributed by atoms with van der Waals surface area (Å²) in [6, 6.07) is 1.76. The Bertz CT molecular complexity index is 569. The minimum Gasteiger partial charge on any atom is -0.355 e. The third kappa shape index (κ3) is 3.36. The van der Waals surface area contributed by atoms with Crippen LogP contribution in [-0.2, 0) is 13.0 Å². The zero-order valence-corrected chi connectivity index (χ0v) is 13.4. The van der Waals surface area contributed by atoms with E-state index in [9.17, 15) is 9.59 Å². The van der Waals surface area contributed by atoms with E-state index in [2.05, 4.69) is 12.2 Å². The lowest BCUT2D eigenvalue weighted by Crippen LogP contribution is -2.35. The molecule has 0 saturated heterocycles. The summed E-state index contributed by atoms with van der Waals surface area (Å²) in [7, 11) is 1.57. The van der Waals surface area contributed by atoms with E-state index in [1.54, 1.807) is 13.1 Å². The van der Waals surface area contributed by atoms with Crippen molar-refractivity contribution in [3.05, 3.63) is 33.2 Å². The van der Waals surface area contributed by atoms with Crippen molar-refractivity contribution < 1.29 is 4.79 Å². The number of pyridine rings is 1. The molecular weight excluding hydrogens is 264 g/mol. The monoisotopic (exact) mass is 290 g/mol. The van der Waals surface area contributed by atoms with Crippen LogP contribution < -0.4 is 10.9 Å². The molecule has 1 N–H and O–H groups in total. The van der Waals surface area contributed by atoms with Gasteiger partial charge >= 0.3 is 0 Å². The third-order valence-corrected chi connectivity index (χ3v) is 4.68. The van der Waals surface area contributed by atoms with Crippen molar-refractivity contribution in [1.29, 1.82) is 0 Å². The zero-order valence-electron chi connectivity index (χ0n) is 13.4. The van der Waals surface area contributed by atoms with Gasteiger partial charge in [0.25, 0.3) is 11.5 Å². The first kappa shape index (κ1) is 15.8. The van der Waals surface area contributed by atoms with Gasteiger partial charge < -0.3 is 9.88 Å². The van der Waals surface area contributed by atoms with E-state index in [4.69, 9.17) is 0 Å². The highest BCUT2D eigenvalue weighted by Gasteiger charge is 2.20. The molecule has 4 heteroatoms. The van der Waals surface area contributed by atoms with Crippen molar-refractivity contribution in [2.24, 2.45) is 5.92 Å². The van der Waals surface area contributed by atoms with E-state index in [1.807, 2.05) is 11.5 Å². The summed E-state index contributed by atoms with van der Waals surface area (Å²) in [6.45, 7) is 4.81. The average molecular weight is 290 g/mol. The SMILES string of the molecule is CCc1cc(C(=O)NC)c(=O)n(CC2CCCCC2)c1C. The molecule has 1 aliphatic carbocycles. The maximum Gasteiger partial charge on any atom is 0.263 e. The fraction of sp³-hybridized carbons (Fsp3) is 0.647. The van der Waals surface area contributed by atoms with Crippen molar-refractivity contribution in [1.82, 2.24) is 9.88 Å². The number of hydrogen-bond donors (Lipinski definition) is 1. The summed E-state index contributed by atoms with van der Waals surface area (Å²) >= 11 is 0. The largest absolute Gasteiger partial charge is 0.355 e. The molecule has 1 saturated carbocycles. The van der Waals surface area contributed by atoms with Gasteiger partial charge in [-0.1, -0.05) is 26.2 Å². The van der Waals surface area contributed by atoms with Crippen LogP contribution >= 0.6 is 0 Å². The van der Waals surface area contributed by atoms with Crippen LogP contribution in [0.5, 0.6) is 0 Å². The standard InChI is InChI=1S/C17H26N2O2/c1-4-14-10-15(16(20)18-3)17(21)19(12(14)2)11-13-8-6-5-7-9-13/h10,13H,4-9,11H2,1-3H3,(H,18,20). The van der Waals surface area contributed by atoms with Gasteiger partial charge in [0.15, 0.2) is 0 Å². The van der Waals surface area contributed by atoms with E-state index in [0.717, 1.165) is 24.2 Å². The van der Waals surface area contributed by atoms with E-state index in [1.165, 1.54) is 32.1 Å². The molecule has 1 aliphatic rings. The normalized spacial score (nSPS) is 16.0. The number of rotatable bonds is 4. The third-order valence-electron chi connectivity index (χ3n) is 4.68. The van der Waals surface area contributed by atoms with Crippen LogP contribution in [0.4, 0.5) is 0 Å². The molecule has 0 aromatic carbocycles. The number of hydrogen-bond acceptors (Lipinski definition) is 2. The minimum atomic E-state index is -0.285. The molecule has 4 nitrogen and oxygen atoms in total. The number of nitrogens with one attached hydrogen (secondary N) is 1. The molecule has 1 aromatic heterocycles. The van der Waals surface area contributed by atoms with Gasteiger partial charge in [-0.3, -0.25) is 9.59 Å². The quantitative estimate of drug-likeness (QED) is 0.927. The predicted molar refractivity (Wildman–Crippen MR) is 84.8 cm³/mol. The maximum atomic E-state index is 12.6. The van der Waals surface area contributed by atoms with Crippen LogP contribution in [-0.4, -0.2) is 17.5 Å². The van der Waals surface area contributed by atoms with Gasteiger partial charge in [-0.05, 0) is 43.7 Å². The highest BCUT2D eigenvalue weighted by atomic mass is 16.2. The molecule has 0 unspecified atom stereocenters. The Labute approximate surface area is 126 Å². The second kappa shape index (κ2) is 6.92. The first-order valence-corrected chi connectivity index (χ1v) is 8.03. The summed E-state index contributed by atoms with van der Waals surface area (Å²) in [4.78, 5) is 24.6. The van der Waals surface area contributed by atoms with E-state index >= 15 is 0 Å². The molecule has 2 rings (SSSR count). The minimum absolute atomic E-state index is 0.144. The van der Waals surface area contributed by atoms with Gasteiger partial charge in [-0.25, -0.2) is 0 Å². The first-order valence-electron chi connectivity index (χ1n) is 8.03. The van der Waals surface area contributed by atoms with Crippen molar-refractivity contribution >= 4 is 5.91 Å². The second-order valence-corrected chi connectivity index (χ2v) is 6.02. The number of nitrogens with zero attached hydrogens (tertiary/aromatic N) is 1. The lowest BCUT2D eigenvalue weighted by molar-refractivity contribution is 0.0960. The molecule has 0 bridgehead atoms. The lowest BCUT2D eigenvalue weighted by Gasteiger charge is -2.24. The van der Waals surface area contributed by atoms with Crippen molar-refractivity contribution in [2.45, 2.75) is 58.9 Å². The molecular formula is C17H26N2O2. The van der Waals surface area contributed by atoms with Crippen molar-refractivity contribution in [3.8, 4) is 0 Å². The van der Waals surface area contributed by atoms with Crippen LogP contribution in [0.1, 0.15) is 60.6 Å². The molecule has 1 heterocycles. The summed E-state index contributed by atoms with van der Waals surface area (Å²) in [6.07, 6.45) is 7.04. The fourth-order valence-electron chi connectivity index (χ4n) is 3.31.